The fourth-order valence-electron chi connectivity index (χ4n) is 5.00. The first kappa shape index (κ1) is 22.6. The Labute approximate surface area is 190 Å². The molecule has 1 aromatic carbocycles. The third-order valence-corrected chi connectivity index (χ3v) is 6.65. The maximum absolute atomic E-state index is 13.7. The molecule has 2 aromatic rings. The van der Waals surface area contributed by atoms with Crippen LogP contribution in [-0.4, -0.2) is 56.7 Å². The van der Waals surface area contributed by atoms with Crippen LogP contribution in [0.1, 0.15) is 53.3 Å². The van der Waals surface area contributed by atoms with Gasteiger partial charge in [0.2, 0.25) is 0 Å². The van der Waals surface area contributed by atoms with E-state index in [0.717, 1.165) is 6.07 Å². The molecule has 0 saturated carbocycles. The molecule has 0 N–H and O–H groups in total. The number of carbonyl (C=O) groups excluding carboxylic acids is 2. The summed E-state index contributed by atoms with van der Waals surface area (Å²) in [6.45, 7) is 0.143. The molecule has 3 fully saturated rings. The summed E-state index contributed by atoms with van der Waals surface area (Å²) in [7, 11) is 0. The highest BCUT2D eigenvalue weighted by Gasteiger charge is 2.58. The molecule has 3 aliphatic heterocycles. The zero-order valence-corrected chi connectivity index (χ0v) is 17.7. The van der Waals surface area contributed by atoms with Crippen LogP contribution < -0.4 is 0 Å². The molecular formula is C22H19F5N4O3. The van der Waals surface area contributed by atoms with Crippen molar-refractivity contribution < 1.29 is 36.3 Å². The normalized spacial score (nSPS) is 24.1. The summed E-state index contributed by atoms with van der Waals surface area (Å²) in [4.78, 5) is 28.9. The van der Waals surface area contributed by atoms with Crippen LogP contribution in [0.4, 0.5) is 22.0 Å². The minimum absolute atomic E-state index is 0.0717. The van der Waals surface area contributed by atoms with E-state index in [1.54, 1.807) is 0 Å². The predicted octanol–water partition coefficient (Wildman–Crippen LogP) is 3.47. The number of aromatic nitrogens is 2. The lowest BCUT2D eigenvalue weighted by Crippen LogP contribution is -2.51. The van der Waals surface area contributed by atoms with E-state index in [2.05, 4.69) is 10.2 Å². The first-order chi connectivity index (χ1) is 16.1. The molecule has 0 radical (unpaired) electrons. The highest BCUT2D eigenvalue weighted by Crippen LogP contribution is 2.47. The number of fused-ring (bicyclic) bond motifs is 1. The minimum atomic E-state index is -4.66. The van der Waals surface area contributed by atoms with Crippen molar-refractivity contribution >= 4 is 11.8 Å². The van der Waals surface area contributed by atoms with Gasteiger partial charge in [0.1, 0.15) is 17.9 Å². The van der Waals surface area contributed by atoms with Crippen molar-refractivity contribution in [3.8, 4) is 0 Å². The van der Waals surface area contributed by atoms with Gasteiger partial charge in [-0.2, -0.15) is 18.3 Å². The molecule has 0 bridgehead atoms. The van der Waals surface area contributed by atoms with Gasteiger partial charge in [-0.15, -0.1) is 5.10 Å². The van der Waals surface area contributed by atoms with Crippen LogP contribution in [0.5, 0.6) is 0 Å². The Hall–Kier alpha value is -3.15. The molecule has 4 heterocycles. The van der Waals surface area contributed by atoms with Crippen LogP contribution in [0, 0.1) is 11.6 Å². The second kappa shape index (κ2) is 7.97. The van der Waals surface area contributed by atoms with E-state index in [4.69, 9.17) is 4.74 Å². The van der Waals surface area contributed by atoms with Gasteiger partial charge in [0.15, 0.2) is 11.3 Å². The van der Waals surface area contributed by atoms with Crippen LogP contribution in [0.3, 0.4) is 0 Å². The van der Waals surface area contributed by atoms with Crippen molar-refractivity contribution in [3.05, 3.63) is 58.9 Å². The molecule has 0 unspecified atom stereocenters. The number of hydrogen-bond donors (Lipinski definition) is 0. The van der Waals surface area contributed by atoms with Gasteiger partial charge in [-0.25, -0.2) is 8.78 Å². The number of piperidine rings is 1. The quantitative estimate of drug-likeness (QED) is 0.613. The monoisotopic (exact) mass is 482 g/mol. The number of nitrogens with zero attached hydrogens (tertiary/aromatic N) is 4. The van der Waals surface area contributed by atoms with Gasteiger partial charge in [-0.3, -0.25) is 9.59 Å². The van der Waals surface area contributed by atoms with Crippen molar-refractivity contribution in [2.45, 2.75) is 49.7 Å². The van der Waals surface area contributed by atoms with Crippen molar-refractivity contribution in [2.24, 2.45) is 0 Å². The molecule has 1 aromatic heterocycles. The molecule has 2 amide bonds. The van der Waals surface area contributed by atoms with Crippen LogP contribution in [-0.2, 0) is 15.7 Å². The van der Waals surface area contributed by atoms with Gasteiger partial charge in [-0.05, 0) is 36.6 Å². The SMILES string of the molecule is O=C(c1cc(C(F)(F)F)cnn1)N1CCC2(CC1)O[C@@H]1CC[C@@H](c3cc(F)cc(F)c3)N1C2=O. The molecule has 7 nitrogen and oxygen atoms in total. The number of halogens is 5. The minimum Gasteiger partial charge on any atom is -0.342 e. The largest absolute Gasteiger partial charge is 0.418 e. The number of alkyl halides is 3. The maximum Gasteiger partial charge on any atom is 0.418 e. The van der Waals surface area contributed by atoms with Gasteiger partial charge >= 0.3 is 6.18 Å². The number of ether oxygens (including phenoxy) is 1. The lowest BCUT2D eigenvalue weighted by Gasteiger charge is -2.37. The number of likely N-dealkylation sites (tertiary alicyclic amines) is 1. The van der Waals surface area contributed by atoms with E-state index in [1.165, 1.54) is 21.9 Å². The molecule has 12 heteroatoms. The molecule has 0 aliphatic carbocycles. The third kappa shape index (κ3) is 3.79. The van der Waals surface area contributed by atoms with Gasteiger partial charge in [-0.1, -0.05) is 0 Å². The summed E-state index contributed by atoms with van der Waals surface area (Å²) in [6.07, 6.45) is -3.38. The summed E-state index contributed by atoms with van der Waals surface area (Å²) in [6, 6.07) is 3.29. The number of rotatable bonds is 2. The maximum atomic E-state index is 13.7. The van der Waals surface area contributed by atoms with E-state index >= 15 is 0 Å². The van der Waals surface area contributed by atoms with E-state index in [1.807, 2.05) is 0 Å². The van der Waals surface area contributed by atoms with Crippen molar-refractivity contribution in [1.29, 1.82) is 0 Å². The number of benzene rings is 1. The van der Waals surface area contributed by atoms with Gasteiger partial charge < -0.3 is 14.5 Å². The number of hydrogen-bond acceptors (Lipinski definition) is 5. The number of carbonyl (C=O) groups is 2. The van der Waals surface area contributed by atoms with E-state index < -0.39 is 52.8 Å². The van der Waals surface area contributed by atoms with Crippen LogP contribution >= 0.6 is 0 Å². The van der Waals surface area contributed by atoms with Crippen molar-refractivity contribution in [1.82, 2.24) is 20.0 Å². The van der Waals surface area contributed by atoms with Gasteiger partial charge in [0, 0.05) is 32.0 Å². The Morgan fingerprint density at radius 1 is 1.06 bits per heavy atom. The smallest absolute Gasteiger partial charge is 0.342 e. The molecule has 34 heavy (non-hydrogen) atoms. The van der Waals surface area contributed by atoms with Gasteiger partial charge in [0.05, 0.1) is 17.8 Å². The number of amides is 2. The van der Waals surface area contributed by atoms with Crippen molar-refractivity contribution in [3.63, 3.8) is 0 Å². The summed E-state index contributed by atoms with van der Waals surface area (Å²) in [5, 5.41) is 6.81. The highest BCUT2D eigenvalue weighted by atomic mass is 19.4. The van der Waals surface area contributed by atoms with Crippen molar-refractivity contribution in [2.75, 3.05) is 13.1 Å². The van der Waals surface area contributed by atoms with E-state index in [-0.39, 0.29) is 31.8 Å². The molecule has 1 spiro atoms. The molecule has 3 aliphatic rings. The van der Waals surface area contributed by atoms with Gasteiger partial charge in [0.25, 0.3) is 11.8 Å². The second-order valence-electron chi connectivity index (χ2n) is 8.69. The Morgan fingerprint density at radius 3 is 2.38 bits per heavy atom. The molecule has 2 atom stereocenters. The first-order valence-electron chi connectivity index (χ1n) is 10.7. The molecule has 5 rings (SSSR count). The van der Waals surface area contributed by atoms with E-state index in [9.17, 15) is 31.5 Å². The summed E-state index contributed by atoms with van der Waals surface area (Å²) in [5.41, 5.74) is -2.34. The Kier molecular flexibility index (Phi) is 5.30. The fraction of sp³-hybridized carbons (Fsp3) is 0.455. The average Bonchev–Trinajstić information content (AvgIpc) is 3.31. The zero-order valence-electron chi connectivity index (χ0n) is 17.7. The summed E-state index contributed by atoms with van der Waals surface area (Å²) >= 11 is 0. The van der Waals surface area contributed by atoms with Crippen LogP contribution in [0.2, 0.25) is 0 Å². The second-order valence-corrected chi connectivity index (χ2v) is 8.69. The zero-order chi connectivity index (χ0) is 24.3. The molecule has 3 saturated heterocycles. The fourth-order valence-corrected chi connectivity index (χ4v) is 5.00. The average molecular weight is 482 g/mol. The predicted molar refractivity (Wildman–Crippen MR) is 105 cm³/mol. The highest BCUT2D eigenvalue weighted by molar-refractivity contribution is 5.93. The Morgan fingerprint density at radius 2 is 1.74 bits per heavy atom. The summed E-state index contributed by atoms with van der Waals surface area (Å²) in [5.74, 6) is -2.49. The third-order valence-electron chi connectivity index (χ3n) is 6.65. The lowest BCUT2D eigenvalue weighted by molar-refractivity contribution is -0.142. The topological polar surface area (TPSA) is 75.6 Å². The van der Waals surface area contributed by atoms with Crippen LogP contribution in [0.25, 0.3) is 0 Å². The molecule has 180 valence electrons. The Balaban J connectivity index is 1.30. The van der Waals surface area contributed by atoms with E-state index in [0.29, 0.717) is 30.7 Å². The lowest BCUT2D eigenvalue weighted by atomic mass is 9.89. The Bertz CT molecular complexity index is 1130. The van der Waals surface area contributed by atoms with Crippen LogP contribution in [0.15, 0.2) is 30.5 Å². The first-order valence-corrected chi connectivity index (χ1v) is 10.7. The molecular weight excluding hydrogens is 463 g/mol. The summed E-state index contributed by atoms with van der Waals surface area (Å²) < 4.78 is 72.4. The standard InChI is InChI=1S/C22H19F5N4O3/c23-14-7-12(8-15(24)10-14)17-1-2-18-31(17)20(33)21(34-18)3-5-30(6-4-21)19(32)16-9-13(11-28-29-16)22(25,26)27/h7-11,17-18H,1-6H2/t17-,18+/m0/s1.